The van der Waals surface area contributed by atoms with Crippen molar-refractivity contribution >= 4 is 0 Å². The molecule has 9 rings (SSSR count). The highest BCUT2D eigenvalue weighted by Gasteiger charge is 2.47. The van der Waals surface area contributed by atoms with Crippen LogP contribution in [0.5, 0.6) is 11.5 Å². The highest BCUT2D eigenvalue weighted by atomic mass is 16.3. The van der Waals surface area contributed by atoms with Crippen molar-refractivity contribution in [3.63, 3.8) is 0 Å². The lowest BCUT2D eigenvalue weighted by Gasteiger charge is -2.36. The van der Waals surface area contributed by atoms with Crippen LogP contribution in [0.3, 0.4) is 0 Å². The Labute approximate surface area is 311 Å². The summed E-state index contributed by atoms with van der Waals surface area (Å²) in [6.45, 7) is 0. The van der Waals surface area contributed by atoms with Gasteiger partial charge < -0.3 is 10.2 Å². The molecule has 0 saturated heterocycles. The molecule has 8 aromatic carbocycles. The lowest BCUT2D eigenvalue weighted by molar-refractivity contribution is 0.470. The second-order valence-electron chi connectivity index (χ2n) is 14.0. The molecule has 1 aliphatic rings. The summed E-state index contributed by atoms with van der Waals surface area (Å²) in [6, 6.07) is 67.4. The van der Waals surface area contributed by atoms with E-state index in [-0.39, 0.29) is 0 Å². The van der Waals surface area contributed by atoms with Crippen LogP contribution in [0, 0.1) is 0 Å². The molecule has 2 N–H and O–H groups in total. The number of hydrogen-bond donors (Lipinski definition) is 2. The summed E-state index contributed by atoms with van der Waals surface area (Å²) >= 11 is 0. The smallest absolute Gasteiger partial charge is 0.126 e. The fourth-order valence-corrected chi connectivity index (χ4v) is 8.42. The third-order valence-corrected chi connectivity index (χ3v) is 10.8. The molecule has 0 amide bonds. The predicted octanol–water partition coefficient (Wildman–Crippen LogP) is 12.0. The monoisotopic (exact) mass is 682 g/mol. The van der Waals surface area contributed by atoms with Gasteiger partial charge in [-0.25, -0.2) is 0 Å². The molecule has 0 unspecified atom stereocenters. The molecule has 254 valence electrons. The van der Waals surface area contributed by atoms with Crippen molar-refractivity contribution in [1.29, 1.82) is 0 Å². The highest BCUT2D eigenvalue weighted by molar-refractivity contribution is 5.88. The number of fused-ring (bicyclic) bond motifs is 3. The van der Waals surface area contributed by atoms with Crippen LogP contribution in [0.15, 0.2) is 194 Å². The van der Waals surface area contributed by atoms with Gasteiger partial charge in [-0.2, -0.15) is 0 Å². The molecule has 53 heavy (non-hydrogen) atoms. The van der Waals surface area contributed by atoms with Gasteiger partial charge in [0.05, 0.1) is 5.41 Å². The SMILES string of the molecule is Oc1c(Cc2ccccc2)cc(C2(c3cc(Cc4ccccc4)c(O)c(-c4ccccc4)c3)c3ccccc3-c3ccccc32)cc1-c1ccccc1. The first-order chi connectivity index (χ1) is 26.1. The van der Waals surface area contributed by atoms with Crippen LogP contribution in [0.4, 0.5) is 0 Å². The van der Waals surface area contributed by atoms with E-state index in [1.54, 1.807) is 0 Å². The number of rotatable bonds is 8. The van der Waals surface area contributed by atoms with Crippen molar-refractivity contribution in [1.82, 2.24) is 0 Å². The molecule has 0 aromatic heterocycles. The topological polar surface area (TPSA) is 40.5 Å². The van der Waals surface area contributed by atoms with Crippen LogP contribution in [0.1, 0.15) is 44.5 Å². The van der Waals surface area contributed by atoms with Gasteiger partial charge in [-0.1, -0.05) is 182 Å². The second-order valence-corrected chi connectivity index (χ2v) is 14.0. The normalized spacial score (nSPS) is 12.6. The number of hydrogen-bond acceptors (Lipinski definition) is 2. The Morgan fingerprint density at radius 2 is 0.679 bits per heavy atom. The van der Waals surface area contributed by atoms with Crippen LogP contribution in [-0.2, 0) is 18.3 Å². The first-order valence-electron chi connectivity index (χ1n) is 18.2. The van der Waals surface area contributed by atoms with Crippen molar-refractivity contribution in [2.75, 3.05) is 0 Å². The van der Waals surface area contributed by atoms with E-state index in [2.05, 4.69) is 146 Å². The van der Waals surface area contributed by atoms with E-state index in [4.69, 9.17) is 0 Å². The van der Waals surface area contributed by atoms with Crippen LogP contribution >= 0.6 is 0 Å². The second kappa shape index (κ2) is 13.5. The lowest BCUT2D eigenvalue weighted by Crippen LogP contribution is -2.29. The van der Waals surface area contributed by atoms with E-state index in [1.165, 1.54) is 22.3 Å². The minimum atomic E-state index is -0.779. The third kappa shape index (κ3) is 5.60. The van der Waals surface area contributed by atoms with E-state index in [9.17, 15) is 10.2 Å². The van der Waals surface area contributed by atoms with Gasteiger partial charge >= 0.3 is 0 Å². The predicted molar refractivity (Wildman–Crippen MR) is 216 cm³/mol. The first-order valence-corrected chi connectivity index (χ1v) is 18.2. The Morgan fingerprint density at radius 1 is 0.340 bits per heavy atom. The standard InChI is InChI=1S/C51H38O2/c52-49-39(29-35-17-5-1-6-18-35)31-41(33-45(49)37-21-9-3-10-22-37)51(47-27-15-13-25-43(47)44-26-14-16-28-48(44)51)42-32-40(30-36-19-7-2-8-20-36)50(53)46(34-42)38-23-11-4-12-24-38/h1-28,31-34,52-53H,29-30H2. The van der Waals surface area contributed by atoms with Gasteiger partial charge in [0.25, 0.3) is 0 Å². The Hall–Kier alpha value is -6.64. The quantitative estimate of drug-likeness (QED) is 0.167. The fourth-order valence-electron chi connectivity index (χ4n) is 8.42. The molecule has 0 heterocycles. The third-order valence-electron chi connectivity index (χ3n) is 10.8. The number of phenols is 2. The van der Waals surface area contributed by atoms with Gasteiger partial charge in [0.2, 0.25) is 0 Å². The van der Waals surface area contributed by atoms with E-state index in [0.29, 0.717) is 24.3 Å². The van der Waals surface area contributed by atoms with E-state index in [0.717, 1.165) is 55.6 Å². The van der Waals surface area contributed by atoms with Crippen molar-refractivity contribution in [2.24, 2.45) is 0 Å². The summed E-state index contributed by atoms with van der Waals surface area (Å²) in [5.74, 6) is 0.581. The molecule has 8 aromatic rings. The molecule has 0 atom stereocenters. The molecule has 0 aliphatic heterocycles. The summed E-state index contributed by atoms with van der Waals surface area (Å²) in [5, 5.41) is 24.2. The van der Waals surface area contributed by atoms with E-state index in [1.807, 2.05) is 48.5 Å². The van der Waals surface area contributed by atoms with Crippen molar-refractivity contribution in [2.45, 2.75) is 18.3 Å². The summed E-state index contributed by atoms with van der Waals surface area (Å²) < 4.78 is 0. The fraction of sp³-hybridized carbons (Fsp3) is 0.0588. The molecule has 0 radical (unpaired) electrons. The average molecular weight is 683 g/mol. The number of aromatic hydroxyl groups is 2. The van der Waals surface area contributed by atoms with Gasteiger partial charge in [0.1, 0.15) is 11.5 Å². The minimum Gasteiger partial charge on any atom is -0.507 e. The molecule has 1 aliphatic carbocycles. The Morgan fingerprint density at radius 3 is 1.08 bits per heavy atom. The molecular weight excluding hydrogens is 645 g/mol. The Kier molecular flexibility index (Phi) is 8.21. The Bertz CT molecular complexity index is 2380. The first kappa shape index (κ1) is 32.3. The van der Waals surface area contributed by atoms with Crippen LogP contribution in [-0.4, -0.2) is 10.2 Å². The molecule has 0 bridgehead atoms. The Balaban J connectivity index is 1.40. The van der Waals surface area contributed by atoms with Gasteiger partial charge in [-0.05, 0) is 78.9 Å². The van der Waals surface area contributed by atoms with Gasteiger partial charge in [-0.15, -0.1) is 0 Å². The molecule has 0 saturated carbocycles. The summed E-state index contributed by atoms with van der Waals surface area (Å²) in [4.78, 5) is 0. The molecule has 0 spiro atoms. The zero-order valence-corrected chi connectivity index (χ0v) is 29.3. The van der Waals surface area contributed by atoms with Gasteiger partial charge in [-0.3, -0.25) is 0 Å². The number of benzene rings is 8. The molecule has 2 nitrogen and oxygen atoms in total. The molecule has 2 heteroatoms. The van der Waals surface area contributed by atoms with Crippen LogP contribution in [0.25, 0.3) is 33.4 Å². The number of phenolic OH excluding ortho intramolecular Hbond substituents is 2. The zero-order chi connectivity index (χ0) is 35.8. The molecule has 0 fully saturated rings. The summed E-state index contributed by atoms with van der Waals surface area (Å²) in [5.41, 5.74) is 13.5. The highest BCUT2D eigenvalue weighted by Crippen LogP contribution is 2.58. The lowest BCUT2D eigenvalue weighted by atomic mass is 9.66. The maximum Gasteiger partial charge on any atom is 0.126 e. The van der Waals surface area contributed by atoms with Gasteiger partial charge in [0, 0.05) is 24.0 Å². The van der Waals surface area contributed by atoms with Crippen molar-refractivity contribution in [3.05, 3.63) is 239 Å². The van der Waals surface area contributed by atoms with Crippen LogP contribution < -0.4 is 0 Å². The van der Waals surface area contributed by atoms with Crippen LogP contribution in [0.2, 0.25) is 0 Å². The van der Waals surface area contributed by atoms with E-state index >= 15 is 0 Å². The maximum atomic E-state index is 12.1. The van der Waals surface area contributed by atoms with Crippen molar-refractivity contribution < 1.29 is 10.2 Å². The minimum absolute atomic E-state index is 0.291. The van der Waals surface area contributed by atoms with Crippen molar-refractivity contribution in [3.8, 4) is 44.9 Å². The van der Waals surface area contributed by atoms with E-state index < -0.39 is 5.41 Å². The largest absolute Gasteiger partial charge is 0.507 e. The summed E-state index contributed by atoms with van der Waals surface area (Å²) in [6.07, 6.45) is 1.15. The molecular formula is C51H38O2. The average Bonchev–Trinajstić information content (AvgIpc) is 3.52. The maximum absolute atomic E-state index is 12.1. The summed E-state index contributed by atoms with van der Waals surface area (Å²) in [7, 11) is 0. The zero-order valence-electron chi connectivity index (χ0n) is 29.3. The van der Waals surface area contributed by atoms with Gasteiger partial charge in [0.15, 0.2) is 0 Å².